The van der Waals surface area contributed by atoms with Gasteiger partial charge in [0, 0.05) is 12.3 Å². The van der Waals surface area contributed by atoms with Gasteiger partial charge in [-0.25, -0.2) is 0 Å². The minimum absolute atomic E-state index is 0.0116. The van der Waals surface area contributed by atoms with E-state index in [1.807, 2.05) is 12.1 Å². The molecule has 0 saturated carbocycles. The number of fused-ring (bicyclic) bond motifs is 1. The van der Waals surface area contributed by atoms with Gasteiger partial charge in [0.15, 0.2) is 0 Å². The maximum absolute atomic E-state index is 12.0. The van der Waals surface area contributed by atoms with Gasteiger partial charge in [-0.2, -0.15) is 15.4 Å². The average molecular weight is 246 g/mol. The predicted molar refractivity (Wildman–Crippen MR) is 66.1 cm³/mol. The van der Waals surface area contributed by atoms with Crippen LogP contribution in [-0.2, 0) is 9.53 Å². The third-order valence-electron chi connectivity index (χ3n) is 3.11. The van der Waals surface area contributed by atoms with E-state index < -0.39 is 0 Å². The minimum Gasteiger partial charge on any atom is -0.381 e. The number of carbonyl (C=O) groups excluding carboxylic acids is 1. The molecule has 2 N–H and O–H groups in total. The van der Waals surface area contributed by atoms with Crippen molar-refractivity contribution in [3.8, 4) is 0 Å². The normalized spacial score (nSPS) is 19.9. The van der Waals surface area contributed by atoms with Gasteiger partial charge < -0.3 is 10.1 Å². The third-order valence-corrected chi connectivity index (χ3v) is 3.11. The van der Waals surface area contributed by atoms with E-state index in [2.05, 4.69) is 20.7 Å². The zero-order chi connectivity index (χ0) is 12.4. The first-order valence-electron chi connectivity index (χ1n) is 6.02. The first-order valence-corrected chi connectivity index (χ1v) is 6.02. The molecule has 1 aromatic carbocycles. The summed E-state index contributed by atoms with van der Waals surface area (Å²) in [4.78, 5) is 12.0. The van der Waals surface area contributed by atoms with Crippen molar-refractivity contribution in [3.05, 3.63) is 18.2 Å². The first kappa shape index (κ1) is 11.2. The predicted octanol–water partition coefficient (Wildman–Crippen LogP) is 1.32. The van der Waals surface area contributed by atoms with Gasteiger partial charge in [0.05, 0.1) is 12.5 Å². The van der Waals surface area contributed by atoms with Gasteiger partial charge >= 0.3 is 0 Å². The molecule has 0 spiro atoms. The Labute approximate surface area is 104 Å². The molecule has 1 aliphatic heterocycles. The summed E-state index contributed by atoms with van der Waals surface area (Å²) in [6, 6.07) is 5.46. The van der Waals surface area contributed by atoms with Crippen molar-refractivity contribution in [1.29, 1.82) is 0 Å². The number of carbonyl (C=O) groups is 1. The third kappa shape index (κ3) is 2.19. The highest BCUT2D eigenvalue weighted by Gasteiger charge is 2.21. The fraction of sp³-hybridized carbons (Fsp3) is 0.417. The number of hydrogen-bond acceptors (Lipinski definition) is 4. The summed E-state index contributed by atoms with van der Waals surface area (Å²) in [5, 5.41) is 13.4. The van der Waals surface area contributed by atoms with E-state index >= 15 is 0 Å². The van der Waals surface area contributed by atoms with Crippen molar-refractivity contribution in [2.24, 2.45) is 5.92 Å². The molecule has 1 aliphatic rings. The zero-order valence-electron chi connectivity index (χ0n) is 9.85. The van der Waals surface area contributed by atoms with Crippen LogP contribution in [0.15, 0.2) is 18.2 Å². The van der Waals surface area contributed by atoms with Gasteiger partial charge in [-0.05, 0) is 31.0 Å². The lowest BCUT2D eigenvalue weighted by atomic mass is 10.0. The van der Waals surface area contributed by atoms with Crippen LogP contribution in [0.25, 0.3) is 11.0 Å². The van der Waals surface area contributed by atoms with Crippen molar-refractivity contribution in [3.63, 3.8) is 0 Å². The summed E-state index contributed by atoms with van der Waals surface area (Å²) >= 11 is 0. The number of rotatable bonds is 2. The average Bonchev–Trinajstić information content (AvgIpc) is 2.87. The quantitative estimate of drug-likeness (QED) is 0.837. The van der Waals surface area contributed by atoms with E-state index in [1.54, 1.807) is 6.07 Å². The molecule has 1 saturated heterocycles. The molecule has 1 aromatic heterocycles. The highest BCUT2D eigenvalue weighted by molar-refractivity contribution is 5.94. The van der Waals surface area contributed by atoms with E-state index in [-0.39, 0.29) is 11.8 Å². The van der Waals surface area contributed by atoms with Crippen LogP contribution in [-0.4, -0.2) is 34.5 Å². The molecule has 0 bridgehead atoms. The molecule has 2 aromatic rings. The van der Waals surface area contributed by atoms with E-state index in [9.17, 15) is 4.79 Å². The molecule has 6 heteroatoms. The number of amides is 1. The lowest BCUT2D eigenvalue weighted by molar-refractivity contribution is -0.123. The Morgan fingerprint density at radius 3 is 3.11 bits per heavy atom. The highest BCUT2D eigenvalue weighted by atomic mass is 16.5. The molecular formula is C12H14N4O2. The lowest BCUT2D eigenvalue weighted by Crippen LogP contribution is -2.30. The smallest absolute Gasteiger partial charge is 0.229 e. The van der Waals surface area contributed by atoms with Gasteiger partial charge in [-0.15, -0.1) is 0 Å². The van der Waals surface area contributed by atoms with E-state index in [0.717, 1.165) is 36.2 Å². The number of nitrogens with one attached hydrogen (secondary N) is 2. The molecule has 18 heavy (non-hydrogen) atoms. The van der Waals surface area contributed by atoms with Crippen LogP contribution >= 0.6 is 0 Å². The Morgan fingerprint density at radius 1 is 1.39 bits per heavy atom. The van der Waals surface area contributed by atoms with Crippen molar-refractivity contribution < 1.29 is 9.53 Å². The van der Waals surface area contributed by atoms with Crippen molar-refractivity contribution >= 4 is 22.6 Å². The van der Waals surface area contributed by atoms with Crippen LogP contribution in [0.5, 0.6) is 0 Å². The van der Waals surface area contributed by atoms with Crippen LogP contribution in [0.1, 0.15) is 12.8 Å². The standard InChI is InChI=1S/C12H14N4O2/c17-12(8-2-1-5-18-7-8)13-9-3-4-10-11(6-9)15-16-14-10/h3-4,6,8H,1-2,5,7H2,(H,13,17)(H,14,15,16). The Kier molecular flexibility index (Phi) is 2.93. The summed E-state index contributed by atoms with van der Waals surface area (Å²) in [5.41, 5.74) is 2.27. The molecule has 2 heterocycles. The number of nitrogens with zero attached hydrogens (tertiary/aromatic N) is 2. The number of aromatic amines is 1. The molecule has 6 nitrogen and oxygen atoms in total. The Bertz CT molecular complexity index is 560. The van der Waals surface area contributed by atoms with Crippen LogP contribution in [0.2, 0.25) is 0 Å². The lowest BCUT2D eigenvalue weighted by Gasteiger charge is -2.21. The number of H-pyrrole nitrogens is 1. The van der Waals surface area contributed by atoms with E-state index in [1.165, 1.54) is 0 Å². The number of benzene rings is 1. The van der Waals surface area contributed by atoms with Gasteiger partial charge in [0.2, 0.25) is 5.91 Å². The second-order valence-corrected chi connectivity index (χ2v) is 4.43. The number of hydrogen-bond donors (Lipinski definition) is 2. The topological polar surface area (TPSA) is 79.9 Å². The van der Waals surface area contributed by atoms with Gasteiger partial charge in [0.25, 0.3) is 0 Å². The second kappa shape index (κ2) is 4.73. The van der Waals surface area contributed by atoms with Gasteiger partial charge in [-0.1, -0.05) is 0 Å². The largest absolute Gasteiger partial charge is 0.381 e. The summed E-state index contributed by atoms with van der Waals surface area (Å²) < 4.78 is 5.31. The van der Waals surface area contributed by atoms with Crippen molar-refractivity contribution in [1.82, 2.24) is 15.4 Å². The van der Waals surface area contributed by atoms with E-state index in [0.29, 0.717) is 6.61 Å². The van der Waals surface area contributed by atoms with Crippen LogP contribution in [0.4, 0.5) is 5.69 Å². The summed E-state index contributed by atoms with van der Waals surface area (Å²) in [6.45, 7) is 1.27. The maximum atomic E-state index is 12.0. The Morgan fingerprint density at radius 2 is 2.28 bits per heavy atom. The molecule has 0 radical (unpaired) electrons. The molecule has 1 fully saturated rings. The minimum atomic E-state index is -0.0493. The zero-order valence-corrected chi connectivity index (χ0v) is 9.85. The number of anilines is 1. The molecule has 1 atom stereocenters. The Balaban J connectivity index is 1.72. The summed E-state index contributed by atoms with van der Waals surface area (Å²) in [5.74, 6) is -0.0377. The molecule has 1 amide bonds. The van der Waals surface area contributed by atoms with Crippen LogP contribution in [0.3, 0.4) is 0 Å². The number of aromatic nitrogens is 3. The maximum Gasteiger partial charge on any atom is 0.229 e. The van der Waals surface area contributed by atoms with Crippen molar-refractivity contribution in [2.45, 2.75) is 12.8 Å². The van der Waals surface area contributed by atoms with Gasteiger partial charge in [-0.3, -0.25) is 4.79 Å². The van der Waals surface area contributed by atoms with Crippen molar-refractivity contribution in [2.75, 3.05) is 18.5 Å². The fourth-order valence-corrected chi connectivity index (χ4v) is 2.11. The van der Waals surface area contributed by atoms with Crippen LogP contribution < -0.4 is 5.32 Å². The second-order valence-electron chi connectivity index (χ2n) is 4.43. The molecule has 3 rings (SSSR count). The SMILES string of the molecule is O=C(Nc1ccc2n[nH]nc2c1)C1CCCOC1. The molecule has 94 valence electrons. The molecule has 0 aliphatic carbocycles. The number of ether oxygens (including phenoxy) is 1. The highest BCUT2D eigenvalue weighted by Crippen LogP contribution is 2.18. The first-order chi connectivity index (χ1) is 8.83. The molecule has 1 unspecified atom stereocenters. The molecular weight excluding hydrogens is 232 g/mol. The Hall–Kier alpha value is -1.95. The summed E-state index contributed by atoms with van der Waals surface area (Å²) in [6.07, 6.45) is 1.83. The monoisotopic (exact) mass is 246 g/mol. The van der Waals surface area contributed by atoms with E-state index in [4.69, 9.17) is 4.74 Å². The van der Waals surface area contributed by atoms with Gasteiger partial charge in [0.1, 0.15) is 11.0 Å². The fourth-order valence-electron chi connectivity index (χ4n) is 2.11. The summed E-state index contributed by atoms with van der Waals surface area (Å²) in [7, 11) is 0. The van der Waals surface area contributed by atoms with Crippen LogP contribution in [0, 0.1) is 5.92 Å².